The van der Waals surface area contributed by atoms with Crippen molar-refractivity contribution in [1.82, 2.24) is 0 Å². The Morgan fingerprint density at radius 2 is 1.86 bits per heavy atom. The standard InChI is InChI=1S/C27H23IN2O5/c1-3-34-24-15-19(13-22-17(2)29-30(26(22)31)21-10-5-4-6-11-21)14-23(28)25(24)35-16-18-8-7-9-20(12-18)27(32)33/h4-15H,3,16H2,1-2H3,(H,32,33)/b22-13+. The molecule has 178 valence electrons. The topological polar surface area (TPSA) is 88.4 Å². The number of amides is 1. The van der Waals surface area contributed by atoms with Gasteiger partial charge in [0.1, 0.15) is 6.61 Å². The minimum atomic E-state index is -0.986. The van der Waals surface area contributed by atoms with Gasteiger partial charge in [-0.15, -0.1) is 0 Å². The SMILES string of the molecule is CCOc1cc(/C=C2/C(=O)N(c3ccccc3)N=C2C)cc(I)c1OCc1cccc(C(=O)O)c1. The van der Waals surface area contributed by atoms with E-state index in [9.17, 15) is 14.7 Å². The van der Waals surface area contributed by atoms with Crippen molar-refractivity contribution in [1.29, 1.82) is 0 Å². The van der Waals surface area contributed by atoms with Crippen LogP contribution in [0.2, 0.25) is 0 Å². The van der Waals surface area contributed by atoms with Crippen molar-refractivity contribution in [3.8, 4) is 11.5 Å². The summed E-state index contributed by atoms with van der Waals surface area (Å²) in [5.74, 6) is -0.0785. The third-order valence-corrected chi connectivity index (χ3v) is 6.06. The van der Waals surface area contributed by atoms with Crippen LogP contribution >= 0.6 is 22.6 Å². The van der Waals surface area contributed by atoms with Crippen LogP contribution in [0.3, 0.4) is 0 Å². The van der Waals surface area contributed by atoms with Gasteiger partial charge in [-0.2, -0.15) is 10.1 Å². The highest BCUT2D eigenvalue weighted by Crippen LogP contribution is 2.36. The molecule has 1 heterocycles. The highest BCUT2D eigenvalue weighted by molar-refractivity contribution is 14.1. The lowest BCUT2D eigenvalue weighted by Gasteiger charge is -2.15. The molecule has 8 heteroatoms. The van der Waals surface area contributed by atoms with Gasteiger partial charge in [0.05, 0.1) is 32.7 Å². The van der Waals surface area contributed by atoms with Crippen LogP contribution in [0.1, 0.15) is 35.3 Å². The van der Waals surface area contributed by atoms with E-state index in [1.165, 1.54) is 11.1 Å². The van der Waals surface area contributed by atoms with Crippen molar-refractivity contribution in [2.45, 2.75) is 20.5 Å². The Morgan fingerprint density at radius 1 is 1.09 bits per heavy atom. The molecule has 0 bridgehead atoms. The molecular weight excluding hydrogens is 559 g/mol. The number of benzene rings is 3. The lowest BCUT2D eigenvalue weighted by atomic mass is 10.1. The summed E-state index contributed by atoms with van der Waals surface area (Å²) in [7, 11) is 0. The molecular formula is C27H23IN2O5. The van der Waals surface area contributed by atoms with E-state index in [1.807, 2.05) is 62.4 Å². The lowest BCUT2D eigenvalue weighted by Crippen LogP contribution is -2.21. The Labute approximate surface area is 216 Å². The van der Waals surface area contributed by atoms with E-state index in [0.29, 0.717) is 35.1 Å². The van der Waals surface area contributed by atoms with E-state index in [0.717, 1.165) is 14.7 Å². The summed E-state index contributed by atoms with van der Waals surface area (Å²) in [6.45, 7) is 4.31. The number of carboxylic acids is 1. The third-order valence-electron chi connectivity index (χ3n) is 5.26. The normalized spacial score (nSPS) is 14.3. The van der Waals surface area contributed by atoms with Crippen molar-refractivity contribution in [3.63, 3.8) is 0 Å². The highest BCUT2D eigenvalue weighted by atomic mass is 127. The molecule has 35 heavy (non-hydrogen) atoms. The largest absolute Gasteiger partial charge is 0.490 e. The molecule has 0 aromatic heterocycles. The number of halogens is 1. The molecule has 1 aliphatic heterocycles. The number of anilines is 1. The number of para-hydroxylation sites is 1. The summed E-state index contributed by atoms with van der Waals surface area (Å²) in [4.78, 5) is 24.3. The molecule has 0 saturated heterocycles. The van der Waals surface area contributed by atoms with Gasteiger partial charge < -0.3 is 14.6 Å². The number of carbonyl (C=O) groups excluding carboxylic acids is 1. The Kier molecular flexibility index (Phi) is 7.50. The van der Waals surface area contributed by atoms with Crippen molar-refractivity contribution in [2.75, 3.05) is 11.6 Å². The number of carbonyl (C=O) groups is 2. The number of ether oxygens (including phenoxy) is 2. The second kappa shape index (κ2) is 10.7. The molecule has 0 atom stereocenters. The summed E-state index contributed by atoms with van der Waals surface area (Å²) in [6.07, 6.45) is 1.80. The second-order valence-electron chi connectivity index (χ2n) is 7.75. The highest BCUT2D eigenvalue weighted by Gasteiger charge is 2.28. The van der Waals surface area contributed by atoms with Crippen LogP contribution < -0.4 is 14.5 Å². The first-order valence-electron chi connectivity index (χ1n) is 11.0. The first kappa shape index (κ1) is 24.5. The molecule has 1 amide bonds. The molecule has 1 aliphatic rings. The second-order valence-corrected chi connectivity index (χ2v) is 8.92. The van der Waals surface area contributed by atoms with Crippen molar-refractivity contribution < 1.29 is 24.2 Å². The van der Waals surface area contributed by atoms with Gasteiger partial charge in [-0.3, -0.25) is 4.79 Å². The molecule has 7 nitrogen and oxygen atoms in total. The molecule has 0 fully saturated rings. The van der Waals surface area contributed by atoms with Crippen LogP contribution in [0.15, 0.2) is 77.4 Å². The van der Waals surface area contributed by atoms with Gasteiger partial charge in [-0.1, -0.05) is 30.3 Å². The molecule has 0 spiro atoms. The zero-order chi connectivity index (χ0) is 24.9. The quantitative estimate of drug-likeness (QED) is 0.269. The fourth-order valence-corrected chi connectivity index (χ4v) is 4.40. The minimum Gasteiger partial charge on any atom is -0.490 e. The summed E-state index contributed by atoms with van der Waals surface area (Å²) < 4.78 is 12.7. The predicted octanol–water partition coefficient (Wildman–Crippen LogP) is 5.77. The van der Waals surface area contributed by atoms with Gasteiger partial charge in [0.25, 0.3) is 5.91 Å². The number of nitrogens with zero attached hydrogens (tertiary/aromatic N) is 2. The minimum absolute atomic E-state index is 0.188. The molecule has 3 aromatic rings. The molecule has 0 unspecified atom stereocenters. The van der Waals surface area contributed by atoms with E-state index < -0.39 is 5.97 Å². The smallest absolute Gasteiger partial charge is 0.335 e. The van der Waals surface area contributed by atoms with Gasteiger partial charge in [0.2, 0.25) is 0 Å². The van der Waals surface area contributed by atoms with Gasteiger partial charge in [0, 0.05) is 0 Å². The number of carboxylic acid groups (broad SMARTS) is 1. The number of rotatable bonds is 8. The van der Waals surface area contributed by atoms with E-state index in [2.05, 4.69) is 27.7 Å². The Balaban J connectivity index is 1.60. The molecule has 3 aromatic carbocycles. The van der Waals surface area contributed by atoms with Crippen molar-refractivity contribution >= 4 is 51.9 Å². The van der Waals surface area contributed by atoms with Crippen LogP contribution in [0.5, 0.6) is 11.5 Å². The van der Waals surface area contributed by atoms with E-state index in [-0.39, 0.29) is 18.1 Å². The van der Waals surface area contributed by atoms with E-state index in [4.69, 9.17) is 9.47 Å². The fraction of sp³-hybridized carbons (Fsp3) is 0.148. The number of hydrogen-bond acceptors (Lipinski definition) is 5. The summed E-state index contributed by atoms with van der Waals surface area (Å²) in [5, 5.41) is 15.0. The fourth-order valence-electron chi connectivity index (χ4n) is 3.62. The zero-order valence-electron chi connectivity index (χ0n) is 19.2. The van der Waals surface area contributed by atoms with Crippen LogP contribution in [0.25, 0.3) is 6.08 Å². The lowest BCUT2D eigenvalue weighted by molar-refractivity contribution is -0.114. The third kappa shape index (κ3) is 5.54. The maximum atomic E-state index is 13.1. The maximum Gasteiger partial charge on any atom is 0.335 e. The Hall–Kier alpha value is -3.66. The summed E-state index contributed by atoms with van der Waals surface area (Å²) >= 11 is 2.17. The van der Waals surface area contributed by atoms with Crippen molar-refractivity contribution in [3.05, 3.63) is 92.6 Å². The van der Waals surface area contributed by atoms with Gasteiger partial charge in [-0.05, 0) is 90.0 Å². The van der Waals surface area contributed by atoms with Crippen LogP contribution in [-0.2, 0) is 11.4 Å². The summed E-state index contributed by atoms with van der Waals surface area (Å²) in [5.41, 5.74) is 3.57. The summed E-state index contributed by atoms with van der Waals surface area (Å²) in [6, 6.07) is 19.7. The molecule has 0 saturated carbocycles. The van der Waals surface area contributed by atoms with E-state index >= 15 is 0 Å². The first-order valence-corrected chi connectivity index (χ1v) is 12.0. The van der Waals surface area contributed by atoms with E-state index in [1.54, 1.807) is 18.2 Å². The zero-order valence-corrected chi connectivity index (χ0v) is 21.4. The molecule has 4 rings (SSSR count). The monoisotopic (exact) mass is 582 g/mol. The number of aromatic carboxylic acids is 1. The average molecular weight is 582 g/mol. The Morgan fingerprint density at radius 3 is 2.57 bits per heavy atom. The van der Waals surface area contributed by atoms with Crippen molar-refractivity contribution in [2.24, 2.45) is 5.10 Å². The number of hydrazone groups is 1. The van der Waals surface area contributed by atoms with Crippen LogP contribution in [-0.4, -0.2) is 29.3 Å². The van der Waals surface area contributed by atoms with Gasteiger partial charge in [0.15, 0.2) is 11.5 Å². The molecule has 1 N–H and O–H groups in total. The first-order chi connectivity index (χ1) is 16.9. The molecule has 0 radical (unpaired) electrons. The predicted molar refractivity (Wildman–Crippen MR) is 143 cm³/mol. The average Bonchev–Trinajstić information content (AvgIpc) is 3.13. The van der Waals surface area contributed by atoms with Gasteiger partial charge >= 0.3 is 5.97 Å². The van der Waals surface area contributed by atoms with Crippen LogP contribution in [0.4, 0.5) is 5.69 Å². The molecule has 0 aliphatic carbocycles. The van der Waals surface area contributed by atoms with Crippen LogP contribution in [0, 0.1) is 3.57 Å². The van der Waals surface area contributed by atoms with Gasteiger partial charge in [-0.25, -0.2) is 4.79 Å². The number of hydrogen-bond donors (Lipinski definition) is 1. The maximum absolute atomic E-state index is 13.1. The Bertz CT molecular complexity index is 1330.